The summed E-state index contributed by atoms with van der Waals surface area (Å²) in [7, 11) is 4.13. The van der Waals surface area contributed by atoms with Crippen molar-refractivity contribution in [2.75, 3.05) is 11.9 Å². The van der Waals surface area contributed by atoms with Crippen molar-refractivity contribution >= 4 is 5.69 Å². The van der Waals surface area contributed by atoms with E-state index in [1.165, 1.54) is 46.6 Å². The van der Waals surface area contributed by atoms with Crippen LogP contribution in [0.15, 0.2) is 73.3 Å². The van der Waals surface area contributed by atoms with Crippen molar-refractivity contribution in [1.82, 2.24) is 14.9 Å². The van der Waals surface area contributed by atoms with Gasteiger partial charge >= 0.3 is 0 Å². The lowest BCUT2D eigenvalue weighted by Crippen LogP contribution is -2.24. The van der Waals surface area contributed by atoms with Crippen molar-refractivity contribution in [3.63, 3.8) is 0 Å². The number of rotatable bonds is 7. The van der Waals surface area contributed by atoms with Gasteiger partial charge in [-0.3, -0.25) is 0 Å². The summed E-state index contributed by atoms with van der Waals surface area (Å²) in [5.41, 5.74) is 7.97. The Morgan fingerprint density at radius 2 is 2.07 bits per heavy atom. The quantitative estimate of drug-likeness (QED) is 0.611. The van der Waals surface area contributed by atoms with E-state index in [1.54, 1.807) is 0 Å². The fourth-order valence-electron chi connectivity index (χ4n) is 4.95. The number of benzene rings is 2. The van der Waals surface area contributed by atoms with Crippen LogP contribution in [0.2, 0.25) is 0 Å². The van der Waals surface area contributed by atoms with Gasteiger partial charge in [0.1, 0.15) is 0 Å². The average Bonchev–Trinajstić information content (AvgIpc) is 3.32. The maximum Gasteiger partial charge on any atom is 0.0946 e. The maximum atomic E-state index is 4.59. The first-order chi connectivity index (χ1) is 14.7. The summed E-state index contributed by atoms with van der Waals surface area (Å²) in [4.78, 5) is 6.74. The number of aryl methyl sites for hydroxylation is 2. The summed E-state index contributed by atoms with van der Waals surface area (Å²) in [5.74, 6) is 1.07. The molecule has 30 heavy (non-hydrogen) atoms. The van der Waals surface area contributed by atoms with E-state index in [-0.39, 0.29) is 0 Å². The predicted molar refractivity (Wildman–Crippen MR) is 122 cm³/mol. The van der Waals surface area contributed by atoms with Crippen molar-refractivity contribution in [2.24, 2.45) is 13.0 Å². The van der Waals surface area contributed by atoms with Crippen LogP contribution in [-0.2, 0) is 20.0 Å². The van der Waals surface area contributed by atoms with Gasteiger partial charge in [0, 0.05) is 36.6 Å². The SMILES string of the molecule is C=C(C1CC1c1ccccc1)N(Cc1cncn1C)c1ccc2c(c1)C(NC)CC2. The number of nitrogens with one attached hydrogen (secondary N) is 1. The Labute approximate surface area is 179 Å². The maximum absolute atomic E-state index is 4.59. The molecule has 3 aromatic rings. The van der Waals surface area contributed by atoms with Crippen LogP contribution < -0.4 is 10.2 Å². The minimum atomic E-state index is 0.449. The molecule has 1 fully saturated rings. The lowest BCUT2D eigenvalue weighted by molar-refractivity contribution is 0.590. The van der Waals surface area contributed by atoms with Crippen LogP contribution in [0.25, 0.3) is 0 Å². The molecule has 0 aliphatic heterocycles. The first-order valence-corrected chi connectivity index (χ1v) is 10.9. The molecule has 2 aromatic carbocycles. The molecule has 154 valence electrons. The van der Waals surface area contributed by atoms with Gasteiger partial charge in [-0.25, -0.2) is 4.98 Å². The van der Waals surface area contributed by atoms with Gasteiger partial charge in [0.15, 0.2) is 0 Å². The topological polar surface area (TPSA) is 33.1 Å². The molecule has 2 aliphatic rings. The molecule has 1 aromatic heterocycles. The lowest BCUT2D eigenvalue weighted by Gasteiger charge is -2.28. The Morgan fingerprint density at radius 3 is 2.80 bits per heavy atom. The standard InChI is InChI=1S/C26H30N4/c1-18(23-14-24(23)19-7-5-4-6-8-19)30(16-22-15-28-17-29(22)3)21-11-9-20-10-12-26(27-2)25(20)13-21/h4-9,11,13,15,17,23-24,26-27H,1,10,12,14,16H2,2-3H3. The second-order valence-electron chi connectivity index (χ2n) is 8.70. The Bertz CT molecular complexity index is 1050. The summed E-state index contributed by atoms with van der Waals surface area (Å²) in [6.07, 6.45) is 7.35. The summed E-state index contributed by atoms with van der Waals surface area (Å²) >= 11 is 0. The van der Waals surface area contributed by atoms with Gasteiger partial charge in [-0.1, -0.05) is 43.0 Å². The molecule has 3 unspecified atom stereocenters. The first kappa shape index (κ1) is 19.1. The van der Waals surface area contributed by atoms with Gasteiger partial charge < -0.3 is 14.8 Å². The molecule has 1 heterocycles. The number of fused-ring (bicyclic) bond motifs is 1. The summed E-state index contributed by atoms with van der Waals surface area (Å²) in [6.45, 7) is 5.38. The fourth-order valence-corrected chi connectivity index (χ4v) is 4.95. The van der Waals surface area contributed by atoms with Crippen molar-refractivity contribution in [1.29, 1.82) is 0 Å². The molecule has 4 nitrogen and oxygen atoms in total. The van der Waals surface area contributed by atoms with E-state index in [0.29, 0.717) is 17.9 Å². The van der Waals surface area contributed by atoms with Crippen LogP contribution >= 0.6 is 0 Å². The molecular formula is C26H30N4. The van der Waals surface area contributed by atoms with Gasteiger partial charge in [-0.2, -0.15) is 0 Å². The fraction of sp³-hybridized carbons (Fsp3) is 0.346. The highest BCUT2D eigenvalue weighted by Crippen LogP contribution is 2.53. The second kappa shape index (κ2) is 7.77. The van der Waals surface area contributed by atoms with Crippen LogP contribution in [0, 0.1) is 5.92 Å². The number of anilines is 1. The minimum absolute atomic E-state index is 0.449. The van der Waals surface area contributed by atoms with Crippen molar-refractivity contribution in [3.8, 4) is 0 Å². The molecule has 2 aliphatic carbocycles. The molecule has 4 heteroatoms. The Morgan fingerprint density at radius 1 is 1.23 bits per heavy atom. The summed E-state index contributed by atoms with van der Waals surface area (Å²) in [5, 5.41) is 3.48. The number of aromatic nitrogens is 2. The van der Waals surface area contributed by atoms with Crippen LogP contribution in [0.3, 0.4) is 0 Å². The highest BCUT2D eigenvalue weighted by molar-refractivity contribution is 5.58. The van der Waals surface area contributed by atoms with Gasteiger partial charge in [0.25, 0.3) is 0 Å². The van der Waals surface area contributed by atoms with Gasteiger partial charge in [-0.05, 0) is 61.1 Å². The van der Waals surface area contributed by atoms with Crippen molar-refractivity contribution < 1.29 is 0 Å². The third kappa shape index (κ3) is 3.46. The Balaban J connectivity index is 1.46. The van der Waals surface area contributed by atoms with Gasteiger partial charge in [0.05, 0.1) is 18.6 Å². The molecule has 5 rings (SSSR count). The van der Waals surface area contributed by atoms with E-state index < -0.39 is 0 Å². The predicted octanol–water partition coefficient (Wildman–Crippen LogP) is 4.95. The highest BCUT2D eigenvalue weighted by Gasteiger charge is 2.42. The van der Waals surface area contributed by atoms with Crippen LogP contribution in [0.4, 0.5) is 5.69 Å². The van der Waals surface area contributed by atoms with E-state index in [4.69, 9.17) is 0 Å². The van der Waals surface area contributed by atoms with E-state index in [2.05, 4.69) is 89.0 Å². The second-order valence-corrected chi connectivity index (χ2v) is 8.70. The average molecular weight is 399 g/mol. The molecule has 0 bridgehead atoms. The third-order valence-corrected chi connectivity index (χ3v) is 6.90. The lowest BCUT2D eigenvalue weighted by atomic mass is 10.0. The monoisotopic (exact) mass is 398 g/mol. The minimum Gasteiger partial charge on any atom is -0.339 e. The third-order valence-electron chi connectivity index (χ3n) is 6.90. The Hall–Kier alpha value is -2.85. The van der Waals surface area contributed by atoms with Gasteiger partial charge in [0.2, 0.25) is 0 Å². The van der Waals surface area contributed by atoms with Crippen molar-refractivity contribution in [2.45, 2.75) is 37.8 Å². The zero-order valence-corrected chi connectivity index (χ0v) is 17.9. The summed E-state index contributed by atoms with van der Waals surface area (Å²) in [6, 6.07) is 18.3. The largest absolute Gasteiger partial charge is 0.339 e. The van der Waals surface area contributed by atoms with Crippen LogP contribution in [0.5, 0.6) is 0 Å². The Kier molecular flexibility index (Phi) is 4.95. The van der Waals surface area contributed by atoms with E-state index in [0.717, 1.165) is 13.0 Å². The normalized spacial score (nSPS) is 22.0. The molecule has 0 radical (unpaired) electrons. The van der Waals surface area contributed by atoms with E-state index in [9.17, 15) is 0 Å². The van der Waals surface area contributed by atoms with Gasteiger partial charge in [-0.15, -0.1) is 0 Å². The molecule has 0 spiro atoms. The number of nitrogens with zero attached hydrogens (tertiary/aromatic N) is 3. The smallest absolute Gasteiger partial charge is 0.0946 e. The molecule has 3 atom stereocenters. The molecule has 1 saturated carbocycles. The number of hydrogen-bond acceptors (Lipinski definition) is 3. The number of allylic oxidation sites excluding steroid dienone is 1. The van der Waals surface area contributed by atoms with Crippen LogP contribution in [0.1, 0.15) is 47.2 Å². The first-order valence-electron chi connectivity index (χ1n) is 10.9. The molecular weight excluding hydrogens is 368 g/mol. The summed E-state index contributed by atoms with van der Waals surface area (Å²) < 4.78 is 2.10. The number of hydrogen-bond donors (Lipinski definition) is 1. The molecule has 1 N–H and O–H groups in total. The van der Waals surface area contributed by atoms with Crippen molar-refractivity contribution in [3.05, 3.63) is 95.7 Å². The number of imidazole rings is 1. The van der Waals surface area contributed by atoms with E-state index in [1.807, 2.05) is 12.5 Å². The zero-order valence-electron chi connectivity index (χ0n) is 17.9. The zero-order chi connectivity index (χ0) is 20.7. The molecule has 0 amide bonds. The van der Waals surface area contributed by atoms with E-state index >= 15 is 0 Å². The van der Waals surface area contributed by atoms with Crippen LogP contribution in [-0.4, -0.2) is 16.6 Å². The highest BCUT2D eigenvalue weighted by atomic mass is 15.2. The molecule has 0 saturated heterocycles.